The van der Waals surface area contributed by atoms with Gasteiger partial charge < -0.3 is 9.84 Å². The van der Waals surface area contributed by atoms with Crippen molar-refractivity contribution in [2.45, 2.75) is 12.7 Å². The topological polar surface area (TPSA) is 46.5 Å². The quantitative estimate of drug-likeness (QED) is 0.923. The number of alkyl halides is 2. The molecule has 0 saturated heterocycles. The lowest BCUT2D eigenvalue weighted by Crippen LogP contribution is -2.17. The maximum Gasteiger partial charge on any atom is 0.346 e. The van der Waals surface area contributed by atoms with Gasteiger partial charge in [0.2, 0.25) is 0 Å². The summed E-state index contributed by atoms with van der Waals surface area (Å²) in [5.74, 6) is -1.45. The molecule has 1 N–H and O–H groups in total. The Kier molecular flexibility index (Phi) is 4.16. The number of ether oxygens (including phenoxy) is 1. The zero-order chi connectivity index (χ0) is 11.4. The molecule has 1 rings (SSSR count). The van der Waals surface area contributed by atoms with Gasteiger partial charge in [0.25, 0.3) is 0 Å². The highest BCUT2D eigenvalue weighted by Gasteiger charge is 2.24. The van der Waals surface area contributed by atoms with E-state index in [1.807, 2.05) is 0 Å². The second kappa shape index (κ2) is 5.18. The molecule has 0 fully saturated rings. The molecule has 0 bridgehead atoms. The van der Waals surface area contributed by atoms with Gasteiger partial charge in [-0.05, 0) is 17.7 Å². The standard InChI is InChI=1S/C9H7BrF2O3/c10-6-3-1-2-5(4-6)7(8(13)14)15-9(11)12/h1-4,7,9H,(H,13,14). The van der Waals surface area contributed by atoms with Crippen LogP contribution < -0.4 is 0 Å². The number of hydrogen-bond acceptors (Lipinski definition) is 2. The fourth-order valence-electron chi connectivity index (χ4n) is 1.05. The Morgan fingerprint density at radius 3 is 2.60 bits per heavy atom. The van der Waals surface area contributed by atoms with Crippen LogP contribution in [0.5, 0.6) is 0 Å². The van der Waals surface area contributed by atoms with E-state index in [0.717, 1.165) is 0 Å². The molecule has 3 nitrogen and oxygen atoms in total. The van der Waals surface area contributed by atoms with E-state index in [1.165, 1.54) is 12.1 Å². The predicted molar refractivity (Wildman–Crippen MR) is 51.6 cm³/mol. The van der Waals surface area contributed by atoms with Gasteiger partial charge in [-0.2, -0.15) is 8.78 Å². The minimum absolute atomic E-state index is 0.164. The van der Waals surface area contributed by atoms with Crippen LogP contribution in [0.4, 0.5) is 8.78 Å². The molecule has 82 valence electrons. The van der Waals surface area contributed by atoms with Crippen molar-refractivity contribution >= 4 is 21.9 Å². The van der Waals surface area contributed by atoms with E-state index < -0.39 is 18.7 Å². The van der Waals surface area contributed by atoms with Crippen LogP contribution >= 0.6 is 15.9 Å². The average Bonchev–Trinajstić information content (AvgIpc) is 2.13. The Labute approximate surface area is 92.8 Å². The minimum atomic E-state index is -3.12. The van der Waals surface area contributed by atoms with E-state index in [-0.39, 0.29) is 5.56 Å². The molecule has 0 spiro atoms. The van der Waals surface area contributed by atoms with Gasteiger partial charge in [0, 0.05) is 4.47 Å². The van der Waals surface area contributed by atoms with Crippen LogP contribution in [0.3, 0.4) is 0 Å². The van der Waals surface area contributed by atoms with Crippen LogP contribution in [0.1, 0.15) is 11.7 Å². The largest absolute Gasteiger partial charge is 0.479 e. The lowest BCUT2D eigenvalue weighted by Gasteiger charge is -2.13. The van der Waals surface area contributed by atoms with E-state index in [1.54, 1.807) is 12.1 Å². The highest BCUT2D eigenvalue weighted by atomic mass is 79.9. The lowest BCUT2D eigenvalue weighted by molar-refractivity contribution is -0.188. The van der Waals surface area contributed by atoms with Crippen LogP contribution in [0.2, 0.25) is 0 Å². The van der Waals surface area contributed by atoms with Crippen molar-refractivity contribution in [2.75, 3.05) is 0 Å². The Balaban J connectivity index is 2.94. The molecule has 1 unspecified atom stereocenters. The molecule has 0 saturated carbocycles. The third-order valence-corrected chi connectivity index (χ3v) is 2.11. The number of carboxylic acids is 1. The monoisotopic (exact) mass is 280 g/mol. The first kappa shape index (κ1) is 12.1. The van der Waals surface area contributed by atoms with Gasteiger partial charge in [-0.3, -0.25) is 0 Å². The third kappa shape index (κ3) is 3.56. The summed E-state index contributed by atoms with van der Waals surface area (Å²) in [5.41, 5.74) is 0.164. The summed E-state index contributed by atoms with van der Waals surface area (Å²) in [5, 5.41) is 8.69. The van der Waals surface area contributed by atoms with E-state index in [4.69, 9.17) is 5.11 Å². The van der Waals surface area contributed by atoms with Gasteiger partial charge in [-0.15, -0.1) is 0 Å². The maximum absolute atomic E-state index is 11.9. The van der Waals surface area contributed by atoms with Crippen molar-refractivity contribution in [3.8, 4) is 0 Å². The molecule has 0 aliphatic rings. The summed E-state index contributed by atoms with van der Waals surface area (Å²) in [4.78, 5) is 10.7. The van der Waals surface area contributed by atoms with Gasteiger partial charge in [0.15, 0.2) is 6.10 Å². The highest BCUT2D eigenvalue weighted by molar-refractivity contribution is 9.10. The zero-order valence-electron chi connectivity index (χ0n) is 7.36. The second-order valence-electron chi connectivity index (χ2n) is 2.67. The second-order valence-corrected chi connectivity index (χ2v) is 3.59. The summed E-state index contributed by atoms with van der Waals surface area (Å²) in [6, 6.07) is 6.03. The summed E-state index contributed by atoms with van der Waals surface area (Å²) in [6.45, 7) is -3.12. The van der Waals surface area contributed by atoms with Crippen molar-refractivity contribution in [1.29, 1.82) is 0 Å². The van der Waals surface area contributed by atoms with Gasteiger partial charge >= 0.3 is 12.6 Å². The van der Waals surface area contributed by atoms with Crippen LogP contribution in [-0.2, 0) is 9.53 Å². The third-order valence-electron chi connectivity index (χ3n) is 1.61. The average molecular weight is 281 g/mol. The Morgan fingerprint density at radius 2 is 2.13 bits per heavy atom. The number of aliphatic carboxylic acids is 1. The number of carboxylic acid groups (broad SMARTS) is 1. The van der Waals surface area contributed by atoms with Gasteiger partial charge in [0.05, 0.1) is 0 Å². The van der Waals surface area contributed by atoms with E-state index in [9.17, 15) is 13.6 Å². The van der Waals surface area contributed by atoms with Crippen molar-refractivity contribution < 1.29 is 23.4 Å². The number of halogens is 3. The fraction of sp³-hybridized carbons (Fsp3) is 0.222. The Hall–Kier alpha value is -1.01. The predicted octanol–water partition coefficient (Wildman–Crippen LogP) is 2.81. The first-order valence-electron chi connectivity index (χ1n) is 3.92. The van der Waals surface area contributed by atoms with Crippen molar-refractivity contribution in [3.05, 3.63) is 34.3 Å². The summed E-state index contributed by atoms with van der Waals surface area (Å²) in [6.07, 6.45) is -1.65. The minimum Gasteiger partial charge on any atom is -0.479 e. The molecule has 0 aliphatic heterocycles. The zero-order valence-corrected chi connectivity index (χ0v) is 8.95. The summed E-state index contributed by atoms with van der Waals surface area (Å²) in [7, 11) is 0. The number of hydrogen-bond donors (Lipinski definition) is 1. The van der Waals surface area contributed by atoms with Crippen LogP contribution in [0.15, 0.2) is 28.7 Å². The SMILES string of the molecule is O=C(O)C(OC(F)F)c1cccc(Br)c1. The van der Waals surface area contributed by atoms with Gasteiger partial charge in [-0.1, -0.05) is 28.1 Å². The molecule has 1 aromatic rings. The molecule has 6 heteroatoms. The molecule has 15 heavy (non-hydrogen) atoms. The maximum atomic E-state index is 11.9. The van der Waals surface area contributed by atoms with Gasteiger partial charge in [0.1, 0.15) is 0 Å². The highest BCUT2D eigenvalue weighted by Crippen LogP contribution is 2.23. The summed E-state index contributed by atoms with van der Waals surface area (Å²) < 4.78 is 28.5. The van der Waals surface area contributed by atoms with Gasteiger partial charge in [-0.25, -0.2) is 4.79 Å². The van der Waals surface area contributed by atoms with Crippen molar-refractivity contribution in [2.24, 2.45) is 0 Å². The molecule has 0 aliphatic carbocycles. The first-order chi connectivity index (χ1) is 7.00. The molecule has 1 aromatic carbocycles. The first-order valence-corrected chi connectivity index (χ1v) is 4.72. The fourth-order valence-corrected chi connectivity index (χ4v) is 1.47. The normalized spacial score (nSPS) is 12.8. The van der Waals surface area contributed by atoms with E-state index >= 15 is 0 Å². The van der Waals surface area contributed by atoms with Crippen molar-refractivity contribution in [3.63, 3.8) is 0 Å². The summed E-state index contributed by atoms with van der Waals surface area (Å²) >= 11 is 3.11. The molecule has 1 atom stereocenters. The van der Waals surface area contributed by atoms with Crippen molar-refractivity contribution in [1.82, 2.24) is 0 Å². The number of carbonyl (C=O) groups is 1. The van der Waals surface area contributed by atoms with Crippen LogP contribution in [0, 0.1) is 0 Å². The molecular weight excluding hydrogens is 274 g/mol. The molecule has 0 heterocycles. The molecular formula is C9H7BrF2O3. The van der Waals surface area contributed by atoms with Crippen LogP contribution in [-0.4, -0.2) is 17.7 Å². The molecule has 0 radical (unpaired) electrons. The van der Waals surface area contributed by atoms with E-state index in [2.05, 4.69) is 20.7 Å². The Morgan fingerprint density at radius 1 is 1.47 bits per heavy atom. The van der Waals surface area contributed by atoms with Crippen LogP contribution in [0.25, 0.3) is 0 Å². The Bertz CT molecular complexity index is 357. The number of benzene rings is 1. The smallest absolute Gasteiger partial charge is 0.346 e. The van der Waals surface area contributed by atoms with E-state index in [0.29, 0.717) is 4.47 Å². The number of rotatable bonds is 4. The lowest BCUT2D eigenvalue weighted by atomic mass is 10.1. The molecule has 0 aromatic heterocycles. The molecule has 0 amide bonds.